The number of pyridine rings is 1. The van der Waals surface area contributed by atoms with Crippen molar-refractivity contribution >= 4 is 5.96 Å². The van der Waals surface area contributed by atoms with Crippen LogP contribution in [0.1, 0.15) is 30.9 Å². The number of aliphatic imine (C=N–C) groups is 1. The van der Waals surface area contributed by atoms with Gasteiger partial charge in [0.15, 0.2) is 5.96 Å². The Morgan fingerprint density at radius 3 is 2.79 bits per heavy atom. The number of guanidine groups is 1. The molecule has 0 radical (unpaired) electrons. The lowest BCUT2D eigenvalue weighted by Crippen LogP contribution is -2.38. The number of nitrogens with one attached hydrogen (secondary N) is 2. The Bertz CT molecular complexity index is 814. The minimum Gasteiger partial charge on any atom is -0.496 e. The van der Waals surface area contributed by atoms with Crippen LogP contribution in [0.3, 0.4) is 0 Å². The molecule has 28 heavy (non-hydrogen) atoms. The van der Waals surface area contributed by atoms with E-state index < -0.39 is 0 Å². The molecule has 0 aliphatic carbocycles. The molecule has 6 heteroatoms. The van der Waals surface area contributed by atoms with Gasteiger partial charge in [0.25, 0.3) is 0 Å². The molecule has 1 aromatic heterocycles. The van der Waals surface area contributed by atoms with Gasteiger partial charge in [-0.2, -0.15) is 0 Å². The summed E-state index contributed by atoms with van der Waals surface area (Å²) in [7, 11) is 1.71. The lowest BCUT2D eigenvalue weighted by molar-refractivity contribution is 0.409. The van der Waals surface area contributed by atoms with E-state index in [0.29, 0.717) is 0 Å². The third-order valence-corrected chi connectivity index (χ3v) is 4.44. The molecule has 1 aromatic carbocycles. The first-order chi connectivity index (χ1) is 13.6. The Morgan fingerprint density at radius 2 is 2.04 bits per heavy atom. The van der Waals surface area contributed by atoms with Crippen molar-refractivity contribution in [1.82, 2.24) is 15.2 Å². The van der Waals surface area contributed by atoms with Gasteiger partial charge < -0.3 is 19.9 Å². The first-order valence-electron chi connectivity index (χ1n) is 9.95. The van der Waals surface area contributed by atoms with E-state index in [9.17, 15) is 4.79 Å². The predicted molar refractivity (Wildman–Crippen MR) is 115 cm³/mol. The summed E-state index contributed by atoms with van der Waals surface area (Å²) >= 11 is 0. The van der Waals surface area contributed by atoms with Gasteiger partial charge in [-0.25, -0.2) is 0 Å². The maximum absolute atomic E-state index is 11.7. The van der Waals surface area contributed by atoms with E-state index in [4.69, 9.17) is 4.74 Å². The predicted octanol–water partition coefficient (Wildman–Crippen LogP) is 2.74. The number of aryl methyl sites for hydroxylation is 2. The number of rotatable bonds is 10. The van der Waals surface area contributed by atoms with E-state index in [2.05, 4.69) is 41.6 Å². The van der Waals surface area contributed by atoms with Crippen LogP contribution in [-0.2, 0) is 13.0 Å². The highest BCUT2D eigenvalue weighted by Crippen LogP contribution is 2.19. The Hall–Kier alpha value is -2.76. The number of ether oxygens (including phenoxy) is 1. The fraction of sp³-hybridized carbons (Fsp3) is 0.455. The summed E-state index contributed by atoms with van der Waals surface area (Å²) in [5.74, 6) is 1.75. The van der Waals surface area contributed by atoms with Crippen molar-refractivity contribution in [2.24, 2.45) is 4.99 Å². The molecule has 0 atom stereocenters. The Labute approximate surface area is 167 Å². The average molecular weight is 385 g/mol. The van der Waals surface area contributed by atoms with Crippen LogP contribution in [0.15, 0.2) is 52.4 Å². The zero-order valence-electron chi connectivity index (χ0n) is 17.2. The Morgan fingerprint density at radius 1 is 1.18 bits per heavy atom. The second kappa shape index (κ2) is 11.8. The molecular formula is C22H32N4O2. The monoisotopic (exact) mass is 384 g/mol. The molecule has 0 saturated carbocycles. The number of benzene rings is 1. The molecule has 0 amide bonds. The first kappa shape index (κ1) is 21.5. The molecule has 0 aliphatic heterocycles. The van der Waals surface area contributed by atoms with Crippen LogP contribution >= 0.6 is 0 Å². The minimum absolute atomic E-state index is 0.0487. The molecule has 0 unspecified atom stereocenters. The van der Waals surface area contributed by atoms with Crippen LogP contribution in [0.4, 0.5) is 0 Å². The van der Waals surface area contributed by atoms with Gasteiger partial charge in [-0.15, -0.1) is 0 Å². The standard InChI is InChI=1S/C22H32N4O2/c1-4-23-22(24-13-6-8-16-26-15-7-5-9-21(26)27)25-14-12-19-17-18(2)10-11-20(19)28-3/h5,7,9-11,15,17H,4,6,8,12-14,16H2,1-3H3,(H2,23,24,25). The molecular weight excluding hydrogens is 352 g/mol. The third-order valence-electron chi connectivity index (χ3n) is 4.44. The molecule has 1 heterocycles. The molecule has 0 saturated heterocycles. The Kier molecular flexibility index (Phi) is 9.11. The number of hydrogen-bond donors (Lipinski definition) is 2. The summed E-state index contributed by atoms with van der Waals surface area (Å²) < 4.78 is 7.18. The van der Waals surface area contributed by atoms with E-state index in [1.54, 1.807) is 23.8 Å². The van der Waals surface area contributed by atoms with Crippen LogP contribution in [0.25, 0.3) is 0 Å². The van der Waals surface area contributed by atoms with E-state index in [1.165, 1.54) is 11.1 Å². The maximum atomic E-state index is 11.7. The highest BCUT2D eigenvalue weighted by atomic mass is 16.5. The van der Waals surface area contributed by atoms with Crippen LogP contribution < -0.4 is 20.9 Å². The molecule has 6 nitrogen and oxygen atoms in total. The molecule has 0 aliphatic rings. The normalized spacial score (nSPS) is 11.3. The second-order valence-corrected chi connectivity index (χ2v) is 6.69. The lowest BCUT2D eigenvalue weighted by Gasteiger charge is -2.13. The van der Waals surface area contributed by atoms with Crippen molar-refractivity contribution in [1.29, 1.82) is 0 Å². The Balaban J connectivity index is 1.78. The van der Waals surface area contributed by atoms with Crippen molar-refractivity contribution < 1.29 is 4.74 Å². The summed E-state index contributed by atoms with van der Waals surface area (Å²) in [5, 5.41) is 6.66. The van der Waals surface area contributed by atoms with Crippen LogP contribution in [0.5, 0.6) is 5.75 Å². The fourth-order valence-corrected chi connectivity index (χ4v) is 2.99. The van der Waals surface area contributed by atoms with E-state index in [0.717, 1.165) is 57.2 Å². The van der Waals surface area contributed by atoms with Gasteiger partial charge >= 0.3 is 0 Å². The van der Waals surface area contributed by atoms with Crippen LogP contribution in [-0.4, -0.2) is 37.3 Å². The molecule has 2 N–H and O–H groups in total. The van der Waals surface area contributed by atoms with Crippen molar-refractivity contribution in [3.63, 3.8) is 0 Å². The minimum atomic E-state index is 0.0487. The molecule has 0 fully saturated rings. The highest BCUT2D eigenvalue weighted by Gasteiger charge is 2.04. The molecule has 0 spiro atoms. The van der Waals surface area contributed by atoms with Gasteiger partial charge in [0.2, 0.25) is 5.56 Å². The van der Waals surface area contributed by atoms with Crippen LogP contribution in [0.2, 0.25) is 0 Å². The number of aromatic nitrogens is 1. The second-order valence-electron chi connectivity index (χ2n) is 6.69. The summed E-state index contributed by atoms with van der Waals surface area (Å²) in [5.41, 5.74) is 2.47. The van der Waals surface area contributed by atoms with Crippen molar-refractivity contribution in [3.8, 4) is 5.75 Å². The van der Waals surface area contributed by atoms with Gasteiger partial charge in [0.05, 0.1) is 7.11 Å². The molecule has 2 rings (SSSR count). The average Bonchev–Trinajstić information content (AvgIpc) is 2.69. The highest BCUT2D eigenvalue weighted by molar-refractivity contribution is 5.79. The van der Waals surface area contributed by atoms with Gasteiger partial charge in [0.1, 0.15) is 5.75 Å². The number of nitrogens with zero attached hydrogens (tertiary/aromatic N) is 2. The van der Waals surface area contributed by atoms with E-state index in [-0.39, 0.29) is 5.56 Å². The summed E-state index contributed by atoms with van der Waals surface area (Å²) in [4.78, 5) is 16.3. The fourth-order valence-electron chi connectivity index (χ4n) is 2.99. The topological polar surface area (TPSA) is 67.7 Å². The van der Waals surface area contributed by atoms with Crippen molar-refractivity contribution in [3.05, 3.63) is 64.1 Å². The molecule has 2 aromatic rings. The van der Waals surface area contributed by atoms with Crippen molar-refractivity contribution in [2.45, 2.75) is 39.7 Å². The molecule has 152 valence electrons. The van der Waals surface area contributed by atoms with Gasteiger partial charge in [-0.05, 0) is 50.8 Å². The summed E-state index contributed by atoms with van der Waals surface area (Å²) in [6.45, 7) is 7.20. The quantitative estimate of drug-likeness (QED) is 0.375. The number of methoxy groups -OCH3 is 1. The van der Waals surface area contributed by atoms with Gasteiger partial charge in [-0.3, -0.25) is 9.79 Å². The van der Waals surface area contributed by atoms with Gasteiger partial charge in [-0.1, -0.05) is 23.8 Å². The summed E-state index contributed by atoms with van der Waals surface area (Å²) in [6.07, 6.45) is 4.56. The van der Waals surface area contributed by atoms with Crippen LogP contribution in [0, 0.1) is 6.92 Å². The molecule has 0 bridgehead atoms. The zero-order chi connectivity index (χ0) is 20.2. The van der Waals surface area contributed by atoms with Crippen molar-refractivity contribution in [2.75, 3.05) is 26.7 Å². The van der Waals surface area contributed by atoms with E-state index in [1.807, 2.05) is 18.3 Å². The van der Waals surface area contributed by atoms with E-state index >= 15 is 0 Å². The lowest BCUT2D eigenvalue weighted by atomic mass is 10.1. The smallest absolute Gasteiger partial charge is 0.250 e. The zero-order valence-corrected chi connectivity index (χ0v) is 17.2. The maximum Gasteiger partial charge on any atom is 0.250 e. The largest absolute Gasteiger partial charge is 0.496 e. The first-order valence-corrected chi connectivity index (χ1v) is 9.95. The third kappa shape index (κ3) is 7.10. The van der Waals surface area contributed by atoms with Gasteiger partial charge in [0, 0.05) is 38.4 Å². The summed E-state index contributed by atoms with van der Waals surface area (Å²) in [6, 6.07) is 11.5. The number of unbranched alkanes of at least 4 members (excludes halogenated alkanes) is 1. The number of hydrogen-bond acceptors (Lipinski definition) is 3. The SMILES string of the molecule is CCNC(=NCCCCn1ccccc1=O)NCCc1cc(C)ccc1OC.